The van der Waals surface area contributed by atoms with Crippen LogP contribution < -0.4 is 5.56 Å². The average Bonchev–Trinajstić information content (AvgIpc) is 2.96. The second kappa shape index (κ2) is 6.03. The number of halogens is 1. The molecule has 20 heavy (non-hydrogen) atoms. The van der Waals surface area contributed by atoms with Crippen LogP contribution in [0.2, 0.25) is 0 Å². The summed E-state index contributed by atoms with van der Waals surface area (Å²) in [6.07, 6.45) is 3.54. The molecule has 5 heteroatoms. The fraction of sp³-hybridized carbons (Fsp3) is 0.0667. The lowest BCUT2D eigenvalue weighted by molar-refractivity contribution is 0.864. The van der Waals surface area contributed by atoms with Crippen molar-refractivity contribution in [3.63, 3.8) is 0 Å². The number of aryl methyl sites for hydroxylation is 1. The first-order valence-electron chi connectivity index (χ1n) is 5.92. The molecule has 0 aliphatic rings. The van der Waals surface area contributed by atoms with Gasteiger partial charge in [-0.1, -0.05) is 30.3 Å². The van der Waals surface area contributed by atoms with E-state index in [-0.39, 0.29) is 18.0 Å². The first-order chi connectivity index (χ1) is 9.27. The van der Waals surface area contributed by atoms with Gasteiger partial charge in [-0.25, -0.2) is 4.98 Å². The molecule has 3 aromatic rings. The van der Waals surface area contributed by atoms with E-state index in [0.717, 1.165) is 16.1 Å². The molecule has 0 spiro atoms. The maximum Gasteiger partial charge on any atom is 0.258 e. The third-order valence-corrected chi connectivity index (χ3v) is 3.80. The summed E-state index contributed by atoms with van der Waals surface area (Å²) < 4.78 is 1.60. The molecule has 0 fully saturated rings. The lowest BCUT2D eigenvalue weighted by Gasteiger charge is -2.09. The van der Waals surface area contributed by atoms with Crippen molar-refractivity contribution in [2.45, 2.75) is 0 Å². The first kappa shape index (κ1) is 14.5. The van der Waals surface area contributed by atoms with Crippen molar-refractivity contribution in [1.82, 2.24) is 9.55 Å². The largest absolute Gasteiger partial charge is 0.318 e. The first-order valence-corrected chi connectivity index (χ1v) is 6.80. The minimum atomic E-state index is -0.00102. The van der Waals surface area contributed by atoms with Gasteiger partial charge in [-0.05, 0) is 11.6 Å². The molecule has 2 heterocycles. The van der Waals surface area contributed by atoms with Crippen molar-refractivity contribution in [2.24, 2.45) is 7.05 Å². The van der Waals surface area contributed by atoms with Gasteiger partial charge in [0, 0.05) is 30.4 Å². The van der Waals surface area contributed by atoms with E-state index in [1.54, 1.807) is 35.3 Å². The molecule has 0 bridgehead atoms. The minimum absolute atomic E-state index is 0. The van der Waals surface area contributed by atoms with Crippen molar-refractivity contribution >= 4 is 23.7 Å². The van der Waals surface area contributed by atoms with Gasteiger partial charge < -0.3 is 4.57 Å². The summed E-state index contributed by atoms with van der Waals surface area (Å²) >= 11 is 1.54. The molecule has 1 aromatic carbocycles. The lowest BCUT2D eigenvalue weighted by atomic mass is 10.0. The summed E-state index contributed by atoms with van der Waals surface area (Å²) in [5, 5.41) is 2.79. The van der Waals surface area contributed by atoms with Crippen LogP contribution in [0.1, 0.15) is 0 Å². The molecule has 0 saturated carbocycles. The van der Waals surface area contributed by atoms with Crippen LogP contribution in [0.5, 0.6) is 0 Å². The number of rotatable bonds is 2. The predicted molar refractivity (Wildman–Crippen MR) is 85.5 cm³/mol. The number of aromatic nitrogens is 2. The van der Waals surface area contributed by atoms with Gasteiger partial charge in [0.15, 0.2) is 0 Å². The average molecular weight is 305 g/mol. The van der Waals surface area contributed by atoms with Gasteiger partial charge in [-0.3, -0.25) is 4.79 Å². The van der Waals surface area contributed by atoms with Gasteiger partial charge in [-0.2, -0.15) is 0 Å². The molecule has 0 N–H and O–H groups in total. The number of pyridine rings is 1. The van der Waals surface area contributed by atoms with Crippen LogP contribution in [0, 0.1) is 0 Å². The Balaban J connectivity index is 0.00000147. The van der Waals surface area contributed by atoms with E-state index in [2.05, 4.69) is 4.98 Å². The zero-order chi connectivity index (χ0) is 13.2. The molecule has 2 aromatic heterocycles. The van der Waals surface area contributed by atoms with Gasteiger partial charge in [-0.15, -0.1) is 23.7 Å². The van der Waals surface area contributed by atoms with Crippen LogP contribution in [0.15, 0.2) is 59.0 Å². The van der Waals surface area contributed by atoms with Crippen LogP contribution in [0.3, 0.4) is 0 Å². The molecule has 3 rings (SSSR count). The molecule has 0 unspecified atom stereocenters. The Morgan fingerprint density at radius 3 is 2.55 bits per heavy atom. The second-order valence-electron chi connectivity index (χ2n) is 4.22. The molecule has 0 saturated heterocycles. The Labute approximate surface area is 127 Å². The Hall–Kier alpha value is -1.91. The monoisotopic (exact) mass is 304 g/mol. The summed E-state index contributed by atoms with van der Waals surface area (Å²) in [4.78, 5) is 16.7. The molecule has 3 nitrogen and oxygen atoms in total. The highest BCUT2D eigenvalue weighted by Crippen LogP contribution is 2.30. The SMILES string of the molecule is Cl.Cn1ccc(-c2nccs2)c(-c2ccccc2)c1=O. The molecule has 0 radical (unpaired) electrons. The summed E-state index contributed by atoms with van der Waals surface area (Å²) in [5.41, 5.74) is 2.53. The number of nitrogens with zero attached hydrogens (tertiary/aromatic N) is 2. The predicted octanol–water partition coefficient (Wildman–Crippen LogP) is 3.60. The smallest absolute Gasteiger partial charge is 0.258 e. The van der Waals surface area contributed by atoms with E-state index in [4.69, 9.17) is 0 Å². The van der Waals surface area contributed by atoms with E-state index in [9.17, 15) is 4.79 Å². The van der Waals surface area contributed by atoms with Crippen LogP contribution in [-0.4, -0.2) is 9.55 Å². The van der Waals surface area contributed by atoms with E-state index in [1.165, 1.54) is 0 Å². The standard InChI is InChI=1S/C15H12N2OS.ClH/c1-17-9-7-12(14-16-8-10-19-14)13(15(17)18)11-5-3-2-4-6-11;/h2-10H,1H3;1H. The highest BCUT2D eigenvalue weighted by molar-refractivity contribution is 7.13. The van der Waals surface area contributed by atoms with Gasteiger partial charge in [0.05, 0.1) is 5.56 Å². The molecule has 0 amide bonds. The fourth-order valence-corrected chi connectivity index (χ4v) is 2.72. The Kier molecular flexibility index (Phi) is 4.37. The fourth-order valence-electron chi connectivity index (χ4n) is 2.05. The molecule has 102 valence electrons. The molecular formula is C15H13ClN2OS. The van der Waals surface area contributed by atoms with E-state index in [1.807, 2.05) is 41.8 Å². The zero-order valence-electron chi connectivity index (χ0n) is 10.8. The topological polar surface area (TPSA) is 34.9 Å². The molecule has 0 aliphatic carbocycles. The van der Waals surface area contributed by atoms with Crippen molar-refractivity contribution in [3.8, 4) is 21.7 Å². The third kappa shape index (κ3) is 2.53. The normalized spacial score (nSPS) is 10.1. The van der Waals surface area contributed by atoms with Crippen LogP contribution >= 0.6 is 23.7 Å². The Bertz CT molecular complexity index is 751. The molecular weight excluding hydrogens is 292 g/mol. The minimum Gasteiger partial charge on any atom is -0.318 e. The number of hydrogen-bond acceptors (Lipinski definition) is 3. The number of benzene rings is 1. The summed E-state index contributed by atoms with van der Waals surface area (Å²) in [6, 6.07) is 11.7. The van der Waals surface area contributed by atoms with Crippen LogP contribution in [0.4, 0.5) is 0 Å². The van der Waals surface area contributed by atoms with Gasteiger partial charge in [0.1, 0.15) is 5.01 Å². The molecule has 0 aliphatic heterocycles. The zero-order valence-corrected chi connectivity index (χ0v) is 12.4. The van der Waals surface area contributed by atoms with Crippen molar-refractivity contribution in [1.29, 1.82) is 0 Å². The highest BCUT2D eigenvalue weighted by Gasteiger charge is 2.14. The quantitative estimate of drug-likeness (QED) is 0.725. The Morgan fingerprint density at radius 1 is 1.15 bits per heavy atom. The summed E-state index contributed by atoms with van der Waals surface area (Å²) in [5.74, 6) is 0. The van der Waals surface area contributed by atoms with Crippen LogP contribution in [0.25, 0.3) is 21.7 Å². The van der Waals surface area contributed by atoms with E-state index < -0.39 is 0 Å². The maximum atomic E-state index is 12.4. The van der Waals surface area contributed by atoms with Crippen molar-refractivity contribution in [3.05, 3.63) is 64.5 Å². The van der Waals surface area contributed by atoms with Gasteiger partial charge in [0.2, 0.25) is 0 Å². The van der Waals surface area contributed by atoms with E-state index >= 15 is 0 Å². The number of thiazole rings is 1. The number of hydrogen-bond donors (Lipinski definition) is 0. The highest BCUT2D eigenvalue weighted by atomic mass is 35.5. The maximum absolute atomic E-state index is 12.4. The lowest BCUT2D eigenvalue weighted by Crippen LogP contribution is -2.18. The van der Waals surface area contributed by atoms with Crippen LogP contribution in [-0.2, 0) is 7.05 Å². The van der Waals surface area contributed by atoms with Gasteiger partial charge in [0.25, 0.3) is 5.56 Å². The second-order valence-corrected chi connectivity index (χ2v) is 5.12. The van der Waals surface area contributed by atoms with Gasteiger partial charge >= 0.3 is 0 Å². The van der Waals surface area contributed by atoms with E-state index in [0.29, 0.717) is 5.56 Å². The van der Waals surface area contributed by atoms with Crippen molar-refractivity contribution < 1.29 is 0 Å². The third-order valence-electron chi connectivity index (χ3n) is 2.99. The Morgan fingerprint density at radius 2 is 1.90 bits per heavy atom. The molecule has 0 atom stereocenters. The van der Waals surface area contributed by atoms with Crippen molar-refractivity contribution in [2.75, 3.05) is 0 Å². The summed E-state index contributed by atoms with van der Waals surface area (Å²) in [6.45, 7) is 0. The summed E-state index contributed by atoms with van der Waals surface area (Å²) in [7, 11) is 1.76.